The Morgan fingerprint density at radius 2 is 1.93 bits per heavy atom. The van der Waals surface area contributed by atoms with E-state index in [1.54, 1.807) is 0 Å². The average molecular weight is 385 g/mol. The summed E-state index contributed by atoms with van der Waals surface area (Å²) >= 11 is 0. The number of nitrogens with zero attached hydrogens (tertiary/aromatic N) is 3. The highest BCUT2D eigenvalue weighted by molar-refractivity contribution is 5.74. The Morgan fingerprint density at radius 3 is 2.57 bits per heavy atom. The number of nitrogens with one attached hydrogen (secondary N) is 1. The van der Waals surface area contributed by atoms with Crippen LogP contribution in [0.15, 0.2) is 34.9 Å². The third kappa shape index (κ3) is 4.93. The summed E-state index contributed by atoms with van der Waals surface area (Å²) in [6, 6.07) is 10.5. The summed E-state index contributed by atoms with van der Waals surface area (Å²) in [6.07, 6.45) is 3.59. The van der Waals surface area contributed by atoms with E-state index in [1.165, 1.54) is 0 Å². The van der Waals surface area contributed by atoms with Gasteiger partial charge < -0.3 is 19.6 Å². The normalized spacial score (nSPS) is 15.5. The van der Waals surface area contributed by atoms with Crippen LogP contribution in [-0.2, 0) is 25.9 Å². The van der Waals surface area contributed by atoms with Gasteiger partial charge >= 0.3 is 6.03 Å². The Labute approximate surface area is 167 Å². The number of rotatable bonds is 7. The Balaban J connectivity index is 1.72. The maximum Gasteiger partial charge on any atom is 0.318 e. The molecule has 1 aliphatic rings. The minimum atomic E-state index is -0.0105. The van der Waals surface area contributed by atoms with Gasteiger partial charge in [0.25, 0.3) is 0 Å². The van der Waals surface area contributed by atoms with E-state index in [9.17, 15) is 4.79 Å². The van der Waals surface area contributed by atoms with E-state index in [0.29, 0.717) is 13.1 Å². The summed E-state index contributed by atoms with van der Waals surface area (Å²) < 4.78 is 5.43. The van der Waals surface area contributed by atoms with E-state index in [-0.39, 0.29) is 12.1 Å². The van der Waals surface area contributed by atoms with Crippen molar-refractivity contribution in [3.8, 4) is 0 Å². The third-order valence-electron chi connectivity index (χ3n) is 5.61. The van der Waals surface area contributed by atoms with Gasteiger partial charge in [-0.1, -0.05) is 49.3 Å². The zero-order valence-electron chi connectivity index (χ0n) is 17.3. The minimum absolute atomic E-state index is 0.0105. The molecule has 2 heterocycles. The van der Waals surface area contributed by atoms with Crippen LogP contribution in [0.1, 0.15) is 49.3 Å². The largest absolute Gasteiger partial charge is 0.361 e. The van der Waals surface area contributed by atoms with Crippen LogP contribution in [-0.4, -0.2) is 47.2 Å². The number of likely N-dealkylation sites (tertiary alicyclic amines) is 1. The van der Waals surface area contributed by atoms with E-state index >= 15 is 0 Å². The standard InChI is InChI=1S/C22H32N4O2/c1-4-20-19(21(5-2)28-24-20)15-23-22(27)26(16-17-9-7-6-8-10-17)18-11-13-25(3)14-12-18/h6-10,18H,4-5,11-16H2,1-3H3,(H,23,27). The first-order valence-electron chi connectivity index (χ1n) is 10.4. The average Bonchev–Trinajstić information content (AvgIpc) is 3.13. The summed E-state index contributed by atoms with van der Waals surface area (Å²) in [5.41, 5.74) is 3.12. The summed E-state index contributed by atoms with van der Waals surface area (Å²) in [7, 11) is 2.14. The second-order valence-corrected chi connectivity index (χ2v) is 7.54. The van der Waals surface area contributed by atoms with Crippen molar-refractivity contribution < 1.29 is 9.32 Å². The Kier molecular flexibility index (Phi) is 7.09. The molecule has 3 rings (SSSR count). The highest BCUT2D eigenvalue weighted by Gasteiger charge is 2.27. The number of amides is 2. The molecular weight excluding hydrogens is 352 g/mol. The summed E-state index contributed by atoms with van der Waals surface area (Å²) in [5.74, 6) is 0.867. The van der Waals surface area contributed by atoms with Crippen molar-refractivity contribution in [3.63, 3.8) is 0 Å². The first-order valence-corrected chi connectivity index (χ1v) is 10.4. The molecule has 28 heavy (non-hydrogen) atoms. The van der Waals surface area contributed by atoms with Crippen molar-refractivity contribution >= 4 is 6.03 Å². The van der Waals surface area contributed by atoms with Crippen LogP contribution in [0.4, 0.5) is 4.79 Å². The molecule has 2 amide bonds. The second-order valence-electron chi connectivity index (χ2n) is 7.54. The minimum Gasteiger partial charge on any atom is -0.361 e. The van der Waals surface area contributed by atoms with Crippen LogP contribution < -0.4 is 5.32 Å². The molecule has 0 radical (unpaired) electrons. The Morgan fingerprint density at radius 1 is 1.21 bits per heavy atom. The van der Waals surface area contributed by atoms with Crippen LogP contribution >= 0.6 is 0 Å². The van der Waals surface area contributed by atoms with Crippen LogP contribution in [0.25, 0.3) is 0 Å². The molecule has 1 aromatic carbocycles. The molecule has 0 atom stereocenters. The molecule has 0 spiro atoms. The maximum absolute atomic E-state index is 13.2. The number of hydrogen-bond acceptors (Lipinski definition) is 4. The highest BCUT2D eigenvalue weighted by atomic mass is 16.5. The number of urea groups is 1. The fourth-order valence-electron chi connectivity index (χ4n) is 3.86. The van der Waals surface area contributed by atoms with Gasteiger partial charge in [-0.3, -0.25) is 0 Å². The van der Waals surface area contributed by atoms with Crippen LogP contribution in [0.3, 0.4) is 0 Å². The van der Waals surface area contributed by atoms with Crippen LogP contribution in [0.5, 0.6) is 0 Å². The second kappa shape index (κ2) is 9.73. The van der Waals surface area contributed by atoms with Gasteiger partial charge in [-0.25, -0.2) is 4.79 Å². The van der Waals surface area contributed by atoms with Gasteiger partial charge in [0.05, 0.1) is 5.69 Å². The van der Waals surface area contributed by atoms with Gasteiger partial charge in [-0.15, -0.1) is 0 Å². The smallest absolute Gasteiger partial charge is 0.318 e. The van der Waals surface area contributed by atoms with E-state index < -0.39 is 0 Å². The number of aryl methyl sites for hydroxylation is 2. The number of carbonyl (C=O) groups is 1. The molecule has 6 heteroatoms. The molecule has 0 aliphatic carbocycles. The van der Waals surface area contributed by atoms with Crippen molar-refractivity contribution in [3.05, 3.63) is 52.9 Å². The number of carbonyl (C=O) groups excluding carboxylic acids is 1. The number of benzene rings is 1. The number of aromatic nitrogens is 1. The van der Waals surface area contributed by atoms with Crippen molar-refractivity contribution in [2.75, 3.05) is 20.1 Å². The van der Waals surface area contributed by atoms with Crippen molar-refractivity contribution in [2.24, 2.45) is 0 Å². The lowest BCUT2D eigenvalue weighted by Crippen LogP contribution is -2.49. The topological polar surface area (TPSA) is 61.6 Å². The van der Waals surface area contributed by atoms with Gasteiger partial charge in [0.2, 0.25) is 0 Å². The predicted molar refractivity (Wildman–Crippen MR) is 110 cm³/mol. The molecule has 1 saturated heterocycles. The molecular formula is C22H32N4O2. The van der Waals surface area contributed by atoms with Gasteiger partial charge in [-0.05, 0) is 45.0 Å². The van der Waals surface area contributed by atoms with Gasteiger partial charge in [0, 0.05) is 31.1 Å². The van der Waals surface area contributed by atoms with Crippen molar-refractivity contribution in [2.45, 2.75) is 58.7 Å². The highest BCUT2D eigenvalue weighted by Crippen LogP contribution is 2.20. The number of hydrogen-bond donors (Lipinski definition) is 1. The van der Waals surface area contributed by atoms with Gasteiger partial charge in [-0.2, -0.15) is 0 Å². The lowest BCUT2D eigenvalue weighted by molar-refractivity contribution is 0.127. The molecule has 0 saturated carbocycles. The molecule has 152 valence electrons. The molecule has 1 aliphatic heterocycles. The molecule has 0 unspecified atom stereocenters. The fraction of sp³-hybridized carbons (Fsp3) is 0.545. The Bertz CT molecular complexity index is 730. The zero-order valence-corrected chi connectivity index (χ0v) is 17.3. The predicted octanol–water partition coefficient (Wildman–Crippen LogP) is 3.61. The first kappa shape index (κ1) is 20.4. The van der Waals surface area contributed by atoms with Crippen LogP contribution in [0.2, 0.25) is 0 Å². The molecule has 2 aromatic rings. The van der Waals surface area contributed by atoms with Crippen molar-refractivity contribution in [1.82, 2.24) is 20.3 Å². The molecule has 1 aromatic heterocycles. The molecule has 0 bridgehead atoms. The quantitative estimate of drug-likeness (QED) is 0.792. The fourth-order valence-corrected chi connectivity index (χ4v) is 3.86. The van der Waals surface area contributed by atoms with Gasteiger partial charge in [0.1, 0.15) is 5.76 Å². The lowest BCUT2D eigenvalue weighted by atomic mass is 10.0. The summed E-state index contributed by atoms with van der Waals surface area (Å²) in [5, 5.41) is 7.29. The molecule has 6 nitrogen and oxygen atoms in total. The van der Waals surface area contributed by atoms with E-state index in [2.05, 4.69) is 41.5 Å². The monoisotopic (exact) mass is 384 g/mol. The Hall–Kier alpha value is -2.34. The zero-order chi connectivity index (χ0) is 19.9. The first-order chi connectivity index (χ1) is 13.6. The third-order valence-corrected chi connectivity index (χ3v) is 5.61. The summed E-state index contributed by atoms with van der Waals surface area (Å²) in [6.45, 7) is 7.25. The van der Waals surface area contributed by atoms with Crippen LogP contribution in [0, 0.1) is 0 Å². The maximum atomic E-state index is 13.2. The van der Waals surface area contributed by atoms with E-state index in [0.717, 1.165) is 61.4 Å². The molecule has 1 fully saturated rings. The summed E-state index contributed by atoms with van der Waals surface area (Å²) in [4.78, 5) is 17.5. The lowest BCUT2D eigenvalue weighted by Gasteiger charge is -2.37. The van der Waals surface area contributed by atoms with E-state index in [1.807, 2.05) is 30.0 Å². The van der Waals surface area contributed by atoms with E-state index in [4.69, 9.17) is 4.52 Å². The SMILES string of the molecule is CCc1noc(CC)c1CNC(=O)N(Cc1ccccc1)C1CCN(C)CC1. The van der Waals surface area contributed by atoms with Crippen molar-refractivity contribution in [1.29, 1.82) is 0 Å². The molecule has 1 N–H and O–H groups in total. The number of piperidine rings is 1. The van der Waals surface area contributed by atoms with Gasteiger partial charge in [0.15, 0.2) is 0 Å².